The first-order chi connectivity index (χ1) is 8.84. The van der Waals surface area contributed by atoms with Crippen LogP contribution in [0.3, 0.4) is 0 Å². The second-order valence-electron chi connectivity index (χ2n) is 4.41. The first kappa shape index (κ1) is 15.7. The van der Waals surface area contributed by atoms with Gasteiger partial charge in [-0.1, -0.05) is 13.0 Å². The number of carbonyl (C=O) groups excluding carboxylic acids is 1. The Morgan fingerprint density at radius 3 is 2.68 bits per heavy atom. The zero-order chi connectivity index (χ0) is 14.5. The quantitative estimate of drug-likeness (QED) is 0.816. The number of benzene rings is 1. The van der Waals surface area contributed by atoms with E-state index in [2.05, 4.69) is 5.32 Å². The Bertz CT molecular complexity index is 539. The summed E-state index contributed by atoms with van der Waals surface area (Å²) >= 11 is 0. The number of nitrogens with one attached hydrogen (secondary N) is 1. The minimum atomic E-state index is -3.32. The van der Waals surface area contributed by atoms with E-state index in [1.54, 1.807) is 6.07 Å². The average Bonchev–Trinajstić information content (AvgIpc) is 2.37. The summed E-state index contributed by atoms with van der Waals surface area (Å²) in [5, 5.41) is 12.0. The number of hydrogen-bond acceptors (Lipinski definition) is 4. The van der Waals surface area contributed by atoms with Gasteiger partial charge in [-0.3, -0.25) is 4.79 Å². The summed E-state index contributed by atoms with van der Waals surface area (Å²) in [6, 6.07) is 5.89. The highest BCUT2D eigenvalue weighted by atomic mass is 32.2. The van der Waals surface area contributed by atoms with Crippen LogP contribution < -0.4 is 5.32 Å². The zero-order valence-corrected chi connectivity index (χ0v) is 11.9. The Morgan fingerprint density at radius 1 is 1.42 bits per heavy atom. The highest BCUT2D eigenvalue weighted by molar-refractivity contribution is 7.90. The fourth-order valence-electron chi connectivity index (χ4n) is 1.53. The standard InChI is InChI=1S/C13H19NO4S/c1-3-11(15)7-8-14-13(16)10-5-4-6-12(9-10)19(2,17)18/h4-6,9,11,15H,3,7-8H2,1-2H3,(H,14,16). The van der Waals surface area contributed by atoms with Crippen LogP contribution in [0.4, 0.5) is 0 Å². The Labute approximate surface area is 113 Å². The molecule has 0 heterocycles. The van der Waals surface area contributed by atoms with Crippen molar-refractivity contribution in [1.82, 2.24) is 5.32 Å². The molecule has 6 heteroatoms. The minimum absolute atomic E-state index is 0.119. The fraction of sp³-hybridized carbons (Fsp3) is 0.462. The largest absolute Gasteiger partial charge is 0.393 e. The van der Waals surface area contributed by atoms with Gasteiger partial charge in [-0.15, -0.1) is 0 Å². The molecule has 0 aromatic heterocycles. The van der Waals surface area contributed by atoms with Gasteiger partial charge >= 0.3 is 0 Å². The van der Waals surface area contributed by atoms with Crippen molar-refractivity contribution in [2.24, 2.45) is 0 Å². The molecule has 1 aromatic rings. The van der Waals surface area contributed by atoms with Crippen LogP contribution in [0.5, 0.6) is 0 Å². The van der Waals surface area contributed by atoms with Crippen molar-refractivity contribution in [1.29, 1.82) is 0 Å². The zero-order valence-electron chi connectivity index (χ0n) is 11.1. The van der Waals surface area contributed by atoms with Crippen molar-refractivity contribution in [2.45, 2.75) is 30.8 Å². The van der Waals surface area contributed by atoms with Crippen molar-refractivity contribution >= 4 is 15.7 Å². The van der Waals surface area contributed by atoms with E-state index in [0.717, 1.165) is 6.26 Å². The monoisotopic (exact) mass is 285 g/mol. The van der Waals surface area contributed by atoms with Gasteiger partial charge in [-0.2, -0.15) is 0 Å². The van der Waals surface area contributed by atoms with Gasteiger partial charge in [0.25, 0.3) is 5.91 Å². The van der Waals surface area contributed by atoms with Crippen LogP contribution in [0.25, 0.3) is 0 Å². The van der Waals surface area contributed by atoms with Crippen LogP contribution in [0.2, 0.25) is 0 Å². The van der Waals surface area contributed by atoms with Gasteiger partial charge in [0.1, 0.15) is 0 Å². The molecule has 0 saturated heterocycles. The summed E-state index contributed by atoms with van der Waals surface area (Å²) in [5.74, 6) is -0.339. The topological polar surface area (TPSA) is 83.5 Å². The second-order valence-corrected chi connectivity index (χ2v) is 6.42. The third kappa shape index (κ3) is 5.00. The van der Waals surface area contributed by atoms with Crippen LogP contribution in [0.15, 0.2) is 29.2 Å². The smallest absolute Gasteiger partial charge is 0.251 e. The molecule has 0 spiro atoms. The van der Waals surface area contributed by atoms with Gasteiger partial charge < -0.3 is 10.4 Å². The van der Waals surface area contributed by atoms with Crippen molar-refractivity contribution in [3.05, 3.63) is 29.8 Å². The molecule has 0 aliphatic rings. The van der Waals surface area contributed by atoms with E-state index in [4.69, 9.17) is 0 Å². The van der Waals surface area contributed by atoms with Crippen molar-refractivity contribution in [3.63, 3.8) is 0 Å². The van der Waals surface area contributed by atoms with Crippen LogP contribution in [0.1, 0.15) is 30.1 Å². The van der Waals surface area contributed by atoms with Crippen molar-refractivity contribution in [2.75, 3.05) is 12.8 Å². The molecule has 1 atom stereocenters. The molecule has 106 valence electrons. The second kappa shape index (κ2) is 6.68. The summed E-state index contributed by atoms with van der Waals surface area (Å²) in [6.07, 6.45) is 1.79. The van der Waals surface area contributed by atoms with Gasteiger partial charge in [0, 0.05) is 18.4 Å². The number of amides is 1. The highest BCUT2D eigenvalue weighted by Gasteiger charge is 2.11. The summed E-state index contributed by atoms with van der Waals surface area (Å²) in [5.41, 5.74) is 0.300. The average molecular weight is 285 g/mol. The number of sulfone groups is 1. The number of carbonyl (C=O) groups is 1. The Hall–Kier alpha value is -1.40. The van der Waals surface area contributed by atoms with E-state index in [9.17, 15) is 18.3 Å². The number of rotatable bonds is 6. The molecule has 0 aliphatic heterocycles. The van der Waals surface area contributed by atoms with Crippen molar-refractivity contribution < 1.29 is 18.3 Å². The Kier molecular flexibility index (Phi) is 5.50. The number of aliphatic hydroxyl groups is 1. The summed E-state index contributed by atoms with van der Waals surface area (Å²) in [4.78, 5) is 11.9. The van der Waals surface area contributed by atoms with Crippen LogP contribution >= 0.6 is 0 Å². The fourth-order valence-corrected chi connectivity index (χ4v) is 2.19. The van der Waals surface area contributed by atoms with E-state index in [1.807, 2.05) is 6.92 Å². The number of hydrogen-bond donors (Lipinski definition) is 2. The third-order valence-corrected chi connectivity index (χ3v) is 3.87. The predicted octanol–water partition coefficient (Wildman–Crippen LogP) is 0.981. The molecule has 2 N–H and O–H groups in total. The molecule has 5 nitrogen and oxygen atoms in total. The molecular weight excluding hydrogens is 266 g/mol. The predicted molar refractivity (Wildman–Crippen MR) is 72.8 cm³/mol. The molecule has 1 aromatic carbocycles. The van der Waals surface area contributed by atoms with E-state index in [0.29, 0.717) is 24.9 Å². The molecule has 0 radical (unpaired) electrons. The van der Waals surface area contributed by atoms with E-state index >= 15 is 0 Å². The molecule has 19 heavy (non-hydrogen) atoms. The van der Waals surface area contributed by atoms with E-state index in [-0.39, 0.29) is 10.8 Å². The Balaban J connectivity index is 2.68. The maximum atomic E-state index is 11.8. The lowest BCUT2D eigenvalue weighted by Gasteiger charge is -2.09. The normalized spacial score (nSPS) is 13.0. The molecule has 1 unspecified atom stereocenters. The molecule has 0 fully saturated rings. The van der Waals surface area contributed by atoms with Gasteiger partial charge in [0.2, 0.25) is 0 Å². The maximum absolute atomic E-state index is 11.8. The van der Waals surface area contributed by atoms with Gasteiger partial charge in [-0.25, -0.2) is 8.42 Å². The van der Waals surface area contributed by atoms with E-state index in [1.165, 1.54) is 18.2 Å². The summed E-state index contributed by atoms with van der Waals surface area (Å²) < 4.78 is 22.8. The SMILES string of the molecule is CCC(O)CCNC(=O)c1cccc(S(C)(=O)=O)c1. The molecule has 1 rings (SSSR count). The number of aliphatic hydroxyl groups excluding tert-OH is 1. The first-order valence-corrected chi connectivity index (χ1v) is 8.00. The third-order valence-electron chi connectivity index (χ3n) is 2.76. The lowest BCUT2D eigenvalue weighted by atomic mass is 10.2. The maximum Gasteiger partial charge on any atom is 0.251 e. The molecule has 0 saturated carbocycles. The molecular formula is C13H19NO4S. The van der Waals surface area contributed by atoms with Crippen LogP contribution in [-0.4, -0.2) is 38.3 Å². The summed E-state index contributed by atoms with van der Waals surface area (Å²) in [6.45, 7) is 2.22. The lowest BCUT2D eigenvalue weighted by Crippen LogP contribution is -2.27. The molecule has 1 amide bonds. The molecule has 0 aliphatic carbocycles. The van der Waals surface area contributed by atoms with Gasteiger partial charge in [0.05, 0.1) is 11.0 Å². The minimum Gasteiger partial charge on any atom is -0.393 e. The lowest BCUT2D eigenvalue weighted by molar-refractivity contribution is 0.0941. The van der Waals surface area contributed by atoms with Crippen molar-refractivity contribution in [3.8, 4) is 0 Å². The highest BCUT2D eigenvalue weighted by Crippen LogP contribution is 2.11. The van der Waals surface area contributed by atoms with Gasteiger partial charge in [-0.05, 0) is 31.0 Å². The van der Waals surface area contributed by atoms with Gasteiger partial charge in [0.15, 0.2) is 9.84 Å². The Morgan fingerprint density at radius 2 is 2.11 bits per heavy atom. The summed E-state index contributed by atoms with van der Waals surface area (Å²) in [7, 11) is -3.32. The first-order valence-electron chi connectivity index (χ1n) is 6.11. The van der Waals surface area contributed by atoms with Crippen LogP contribution in [-0.2, 0) is 9.84 Å². The van der Waals surface area contributed by atoms with E-state index < -0.39 is 15.9 Å². The van der Waals surface area contributed by atoms with Crippen LogP contribution in [0, 0.1) is 0 Å². The molecule has 0 bridgehead atoms.